The summed E-state index contributed by atoms with van der Waals surface area (Å²) >= 11 is 0. The Bertz CT molecular complexity index is 753. The normalized spacial score (nSPS) is 24.2. The number of rotatable bonds is 2. The summed E-state index contributed by atoms with van der Waals surface area (Å²) in [6, 6.07) is 14.8. The SMILES string of the molecule is Cc1ccccc1N1CCN(C2Cc3c(N)cccc3CC2O)CC1. The van der Waals surface area contributed by atoms with Crippen LogP contribution in [0.3, 0.4) is 0 Å². The van der Waals surface area contributed by atoms with E-state index >= 15 is 0 Å². The Morgan fingerprint density at radius 3 is 2.48 bits per heavy atom. The number of anilines is 2. The molecule has 1 heterocycles. The number of hydrogen-bond donors (Lipinski definition) is 2. The van der Waals surface area contributed by atoms with Crippen LogP contribution in [-0.4, -0.2) is 48.3 Å². The summed E-state index contributed by atoms with van der Waals surface area (Å²) in [6.07, 6.45) is 1.26. The van der Waals surface area contributed by atoms with E-state index in [1.54, 1.807) is 0 Å². The maximum Gasteiger partial charge on any atom is 0.0739 e. The first-order chi connectivity index (χ1) is 12.1. The number of nitrogens with two attached hydrogens (primary N) is 1. The van der Waals surface area contributed by atoms with Gasteiger partial charge in [0, 0.05) is 50.0 Å². The van der Waals surface area contributed by atoms with E-state index in [1.807, 2.05) is 12.1 Å². The Labute approximate surface area is 149 Å². The third kappa shape index (κ3) is 3.12. The Morgan fingerprint density at radius 2 is 1.72 bits per heavy atom. The zero-order chi connectivity index (χ0) is 17.4. The molecule has 1 fully saturated rings. The number of fused-ring (bicyclic) bond motifs is 1. The van der Waals surface area contributed by atoms with Crippen LogP contribution in [0.4, 0.5) is 11.4 Å². The van der Waals surface area contributed by atoms with Crippen molar-refractivity contribution in [3.05, 3.63) is 59.2 Å². The van der Waals surface area contributed by atoms with Crippen molar-refractivity contribution >= 4 is 11.4 Å². The highest BCUT2D eigenvalue weighted by molar-refractivity contribution is 5.54. The lowest BCUT2D eigenvalue weighted by atomic mass is 9.84. The van der Waals surface area contributed by atoms with Gasteiger partial charge < -0.3 is 15.7 Å². The van der Waals surface area contributed by atoms with Crippen molar-refractivity contribution in [2.45, 2.75) is 31.9 Å². The van der Waals surface area contributed by atoms with Gasteiger partial charge in [-0.3, -0.25) is 4.90 Å². The number of piperazine rings is 1. The first kappa shape index (κ1) is 16.4. The van der Waals surface area contributed by atoms with E-state index in [1.165, 1.54) is 22.4 Å². The van der Waals surface area contributed by atoms with Crippen LogP contribution in [0.2, 0.25) is 0 Å². The van der Waals surface area contributed by atoms with Crippen LogP contribution < -0.4 is 10.6 Å². The molecule has 2 unspecified atom stereocenters. The molecule has 0 saturated carbocycles. The van der Waals surface area contributed by atoms with Gasteiger partial charge in [0.2, 0.25) is 0 Å². The van der Waals surface area contributed by atoms with Crippen LogP contribution in [0, 0.1) is 6.92 Å². The Balaban J connectivity index is 1.46. The van der Waals surface area contributed by atoms with Crippen molar-refractivity contribution in [2.75, 3.05) is 36.8 Å². The average Bonchev–Trinajstić information content (AvgIpc) is 2.62. The van der Waals surface area contributed by atoms with Crippen molar-refractivity contribution < 1.29 is 5.11 Å². The molecule has 4 heteroatoms. The summed E-state index contributed by atoms with van der Waals surface area (Å²) in [7, 11) is 0. The maximum absolute atomic E-state index is 10.7. The van der Waals surface area contributed by atoms with Crippen LogP contribution >= 0.6 is 0 Å². The van der Waals surface area contributed by atoms with Crippen molar-refractivity contribution in [3.8, 4) is 0 Å². The number of nitrogen functional groups attached to an aromatic ring is 1. The molecule has 1 saturated heterocycles. The Hall–Kier alpha value is -2.04. The standard InChI is InChI=1S/C21H27N3O/c1-15-5-2-3-8-19(15)23-9-11-24(12-10-23)20-14-17-16(13-21(20)25)6-4-7-18(17)22/h2-8,20-21,25H,9-14,22H2,1H3. The van der Waals surface area contributed by atoms with Crippen LogP contribution in [0.15, 0.2) is 42.5 Å². The van der Waals surface area contributed by atoms with E-state index in [9.17, 15) is 5.11 Å². The lowest BCUT2D eigenvalue weighted by molar-refractivity contribution is 0.0397. The topological polar surface area (TPSA) is 52.7 Å². The predicted molar refractivity (Wildman–Crippen MR) is 103 cm³/mol. The molecule has 0 aromatic heterocycles. The van der Waals surface area contributed by atoms with Gasteiger partial charge >= 0.3 is 0 Å². The second-order valence-corrected chi connectivity index (χ2v) is 7.34. The summed E-state index contributed by atoms with van der Waals surface area (Å²) in [4.78, 5) is 4.91. The minimum absolute atomic E-state index is 0.177. The molecule has 4 nitrogen and oxygen atoms in total. The number of aryl methyl sites for hydroxylation is 1. The van der Waals surface area contributed by atoms with Crippen LogP contribution in [-0.2, 0) is 12.8 Å². The molecule has 0 bridgehead atoms. The fourth-order valence-electron chi connectivity index (χ4n) is 4.39. The van der Waals surface area contributed by atoms with Crippen LogP contribution in [0.25, 0.3) is 0 Å². The fraction of sp³-hybridized carbons (Fsp3) is 0.429. The van der Waals surface area contributed by atoms with Gasteiger partial charge in [-0.05, 0) is 42.2 Å². The monoisotopic (exact) mass is 337 g/mol. The number of aliphatic hydroxyl groups is 1. The van der Waals surface area contributed by atoms with Gasteiger partial charge in [0.25, 0.3) is 0 Å². The summed E-state index contributed by atoms with van der Waals surface area (Å²) in [6.45, 7) is 6.15. The largest absolute Gasteiger partial charge is 0.398 e. The maximum atomic E-state index is 10.7. The van der Waals surface area contributed by atoms with E-state index in [-0.39, 0.29) is 12.1 Å². The molecule has 2 aromatic rings. The van der Waals surface area contributed by atoms with E-state index in [4.69, 9.17) is 5.73 Å². The molecule has 1 aliphatic carbocycles. The van der Waals surface area contributed by atoms with Gasteiger partial charge in [0.05, 0.1) is 6.10 Å². The molecule has 2 atom stereocenters. The van der Waals surface area contributed by atoms with Gasteiger partial charge in [0.15, 0.2) is 0 Å². The summed E-state index contributed by atoms with van der Waals surface area (Å²) in [5.74, 6) is 0. The summed E-state index contributed by atoms with van der Waals surface area (Å²) in [5.41, 5.74) is 12.2. The molecule has 2 aromatic carbocycles. The third-order valence-corrected chi connectivity index (χ3v) is 5.84. The van der Waals surface area contributed by atoms with E-state index in [0.29, 0.717) is 6.42 Å². The van der Waals surface area contributed by atoms with Gasteiger partial charge in [-0.15, -0.1) is 0 Å². The second kappa shape index (κ2) is 6.70. The quantitative estimate of drug-likeness (QED) is 0.825. The lowest BCUT2D eigenvalue weighted by Crippen LogP contribution is -2.56. The highest BCUT2D eigenvalue weighted by atomic mass is 16.3. The fourth-order valence-corrected chi connectivity index (χ4v) is 4.39. The molecule has 3 N–H and O–H groups in total. The predicted octanol–water partition coefficient (Wildman–Crippen LogP) is 2.23. The molecule has 1 aliphatic heterocycles. The van der Waals surface area contributed by atoms with Gasteiger partial charge in [-0.25, -0.2) is 0 Å². The number of aliphatic hydroxyl groups excluding tert-OH is 1. The highest BCUT2D eigenvalue weighted by Crippen LogP contribution is 2.30. The molecular formula is C21H27N3O. The van der Waals surface area contributed by atoms with E-state index in [2.05, 4.69) is 47.1 Å². The number of hydrogen-bond acceptors (Lipinski definition) is 4. The first-order valence-corrected chi connectivity index (χ1v) is 9.22. The minimum Gasteiger partial charge on any atom is -0.398 e. The molecule has 4 rings (SSSR count). The van der Waals surface area contributed by atoms with Crippen molar-refractivity contribution in [2.24, 2.45) is 0 Å². The average molecular weight is 337 g/mol. The van der Waals surface area contributed by atoms with E-state index in [0.717, 1.165) is 38.3 Å². The molecule has 2 aliphatic rings. The molecule has 0 radical (unpaired) electrons. The third-order valence-electron chi connectivity index (χ3n) is 5.84. The molecule has 132 valence electrons. The number of nitrogens with zero attached hydrogens (tertiary/aromatic N) is 2. The van der Waals surface area contributed by atoms with Crippen LogP contribution in [0.5, 0.6) is 0 Å². The van der Waals surface area contributed by atoms with Crippen LogP contribution in [0.1, 0.15) is 16.7 Å². The highest BCUT2D eigenvalue weighted by Gasteiger charge is 2.34. The lowest BCUT2D eigenvalue weighted by Gasteiger charge is -2.44. The van der Waals surface area contributed by atoms with Crippen molar-refractivity contribution in [1.82, 2.24) is 4.90 Å². The Kier molecular flexibility index (Phi) is 4.40. The summed E-state index contributed by atoms with van der Waals surface area (Å²) in [5, 5.41) is 10.7. The smallest absolute Gasteiger partial charge is 0.0739 e. The van der Waals surface area contributed by atoms with Gasteiger partial charge in [-0.2, -0.15) is 0 Å². The zero-order valence-electron chi connectivity index (χ0n) is 14.9. The zero-order valence-corrected chi connectivity index (χ0v) is 14.9. The van der Waals surface area contributed by atoms with E-state index < -0.39 is 0 Å². The molecule has 0 amide bonds. The number of para-hydroxylation sites is 1. The molecule has 0 spiro atoms. The first-order valence-electron chi connectivity index (χ1n) is 9.22. The Morgan fingerprint density at radius 1 is 0.960 bits per heavy atom. The van der Waals surface area contributed by atoms with Crippen molar-refractivity contribution in [1.29, 1.82) is 0 Å². The van der Waals surface area contributed by atoms with Gasteiger partial charge in [-0.1, -0.05) is 30.3 Å². The van der Waals surface area contributed by atoms with Crippen molar-refractivity contribution in [3.63, 3.8) is 0 Å². The summed E-state index contributed by atoms with van der Waals surface area (Å²) < 4.78 is 0. The molecular weight excluding hydrogens is 310 g/mol. The molecule has 25 heavy (non-hydrogen) atoms. The minimum atomic E-state index is -0.306. The number of benzene rings is 2. The van der Waals surface area contributed by atoms with Gasteiger partial charge in [0.1, 0.15) is 0 Å². The second-order valence-electron chi connectivity index (χ2n) is 7.34.